The molecule has 1 aliphatic heterocycles. The third-order valence-corrected chi connectivity index (χ3v) is 7.04. The van der Waals surface area contributed by atoms with Gasteiger partial charge in [-0.15, -0.1) is 0 Å². The van der Waals surface area contributed by atoms with Crippen molar-refractivity contribution in [2.24, 2.45) is 0 Å². The molecule has 2 heterocycles. The fourth-order valence-electron chi connectivity index (χ4n) is 4.29. The molecule has 2 N–H and O–H groups in total. The number of allylic oxidation sites excluding steroid dienone is 3. The van der Waals surface area contributed by atoms with Crippen molar-refractivity contribution in [1.29, 1.82) is 5.26 Å². The molecule has 0 saturated carbocycles. The summed E-state index contributed by atoms with van der Waals surface area (Å²) in [4.78, 5) is 7.19. The zero-order chi connectivity index (χ0) is 23.5. The van der Waals surface area contributed by atoms with Gasteiger partial charge in [-0.05, 0) is 69.7 Å². The predicted octanol–water partition coefficient (Wildman–Crippen LogP) is 6.20. The van der Waals surface area contributed by atoms with Gasteiger partial charge < -0.3 is 10.2 Å². The highest BCUT2D eigenvalue weighted by Gasteiger charge is 2.30. The van der Waals surface area contributed by atoms with Gasteiger partial charge in [0, 0.05) is 40.5 Å². The number of nitrogens with zero attached hydrogens (tertiary/aromatic N) is 4. The molecular formula is C26H26N6S. The van der Waals surface area contributed by atoms with Crippen molar-refractivity contribution < 1.29 is 0 Å². The average Bonchev–Trinajstić information content (AvgIpc) is 3.22. The number of hydrogen-bond donors (Lipinski definition) is 2. The Hall–Kier alpha value is -3.68. The van der Waals surface area contributed by atoms with Crippen molar-refractivity contribution in [3.05, 3.63) is 82.1 Å². The Morgan fingerprint density at radius 1 is 1.12 bits per heavy atom. The quantitative estimate of drug-likeness (QED) is 0.434. The molecule has 33 heavy (non-hydrogen) atoms. The number of dihydropyridines is 1. The van der Waals surface area contributed by atoms with Crippen molar-refractivity contribution in [3.8, 4) is 6.07 Å². The molecule has 6 nitrogen and oxygen atoms in total. The van der Waals surface area contributed by atoms with Crippen LogP contribution in [0, 0.1) is 17.9 Å². The van der Waals surface area contributed by atoms with Crippen LogP contribution < -0.4 is 10.2 Å². The molecule has 0 fully saturated rings. The number of benzene rings is 2. The number of anilines is 1. The number of nitrogens with one attached hydrogen (secondary N) is 2. The van der Waals surface area contributed by atoms with Crippen LogP contribution >= 0.6 is 11.8 Å². The molecule has 1 atom stereocenters. The molecule has 1 unspecified atom stereocenters. The van der Waals surface area contributed by atoms with Crippen molar-refractivity contribution in [1.82, 2.24) is 15.5 Å². The first kappa shape index (κ1) is 22.5. The summed E-state index contributed by atoms with van der Waals surface area (Å²) in [5, 5.41) is 22.5. The molecule has 1 aliphatic rings. The number of rotatable bonds is 6. The van der Waals surface area contributed by atoms with Crippen LogP contribution in [0.3, 0.4) is 0 Å². The summed E-state index contributed by atoms with van der Waals surface area (Å²) < 4.78 is 0. The van der Waals surface area contributed by atoms with Gasteiger partial charge in [0.1, 0.15) is 5.03 Å². The van der Waals surface area contributed by atoms with E-state index in [0.717, 1.165) is 50.9 Å². The van der Waals surface area contributed by atoms with Crippen LogP contribution in [-0.4, -0.2) is 23.3 Å². The topological polar surface area (TPSA) is 72.1 Å². The third-order valence-electron chi connectivity index (χ3n) is 6.03. The second-order valence-electron chi connectivity index (χ2n) is 7.93. The molecule has 0 bridgehead atoms. The average molecular weight is 455 g/mol. The Labute approximate surface area is 198 Å². The van der Waals surface area contributed by atoms with Gasteiger partial charge in [0.2, 0.25) is 0 Å². The minimum atomic E-state index is -0.376. The SMILES string of the molecule is [C-]#[N+]C1=C(C)NC(C)=C(C#N)C1c1ccc2[nH]nc(Sc3ccc(N(CC)CC)cc3)c2c1. The van der Waals surface area contributed by atoms with Gasteiger partial charge in [-0.25, -0.2) is 4.85 Å². The van der Waals surface area contributed by atoms with E-state index in [-0.39, 0.29) is 5.92 Å². The Morgan fingerprint density at radius 3 is 2.48 bits per heavy atom. The number of fused-ring (bicyclic) bond motifs is 1. The summed E-state index contributed by atoms with van der Waals surface area (Å²) in [6.45, 7) is 17.8. The Balaban J connectivity index is 1.71. The van der Waals surface area contributed by atoms with E-state index in [9.17, 15) is 5.26 Å². The summed E-state index contributed by atoms with van der Waals surface area (Å²) >= 11 is 1.61. The van der Waals surface area contributed by atoms with E-state index in [1.165, 1.54) is 5.69 Å². The summed E-state index contributed by atoms with van der Waals surface area (Å²) in [7, 11) is 0. The highest BCUT2D eigenvalue weighted by atomic mass is 32.2. The van der Waals surface area contributed by atoms with E-state index in [1.54, 1.807) is 11.8 Å². The molecule has 4 rings (SSSR count). The van der Waals surface area contributed by atoms with E-state index in [0.29, 0.717) is 11.3 Å². The van der Waals surface area contributed by atoms with E-state index in [1.807, 2.05) is 26.0 Å². The van der Waals surface area contributed by atoms with Crippen LogP contribution in [0.5, 0.6) is 0 Å². The van der Waals surface area contributed by atoms with Gasteiger partial charge in [0.05, 0.1) is 29.6 Å². The van der Waals surface area contributed by atoms with Crippen LogP contribution in [0.15, 0.2) is 75.1 Å². The first-order valence-electron chi connectivity index (χ1n) is 11.0. The molecule has 1 aromatic heterocycles. The highest BCUT2D eigenvalue weighted by molar-refractivity contribution is 7.99. The van der Waals surface area contributed by atoms with Crippen LogP contribution in [0.25, 0.3) is 15.7 Å². The maximum Gasteiger partial charge on any atom is 0.196 e. The molecule has 0 amide bonds. The smallest absolute Gasteiger partial charge is 0.196 e. The van der Waals surface area contributed by atoms with Gasteiger partial charge in [0.15, 0.2) is 5.70 Å². The van der Waals surface area contributed by atoms with E-state index < -0.39 is 0 Å². The first-order valence-corrected chi connectivity index (χ1v) is 11.8. The van der Waals surface area contributed by atoms with Crippen LogP contribution in [0.4, 0.5) is 5.69 Å². The molecule has 0 saturated heterocycles. The first-order chi connectivity index (χ1) is 16.0. The lowest BCUT2D eigenvalue weighted by Crippen LogP contribution is -2.22. The molecule has 0 aliphatic carbocycles. The highest BCUT2D eigenvalue weighted by Crippen LogP contribution is 2.40. The van der Waals surface area contributed by atoms with E-state index in [2.05, 4.69) is 75.5 Å². The summed E-state index contributed by atoms with van der Waals surface area (Å²) in [5.41, 5.74) is 5.79. The number of hydrogen-bond acceptors (Lipinski definition) is 5. The normalized spacial score (nSPS) is 15.9. The molecule has 0 spiro atoms. The lowest BCUT2D eigenvalue weighted by atomic mass is 9.84. The van der Waals surface area contributed by atoms with Crippen LogP contribution in [0.1, 0.15) is 39.2 Å². The fourth-order valence-corrected chi connectivity index (χ4v) is 5.16. The summed E-state index contributed by atoms with van der Waals surface area (Å²) in [5.74, 6) is -0.376. The van der Waals surface area contributed by atoms with E-state index in [4.69, 9.17) is 6.57 Å². The summed E-state index contributed by atoms with van der Waals surface area (Å²) in [6.07, 6.45) is 0. The van der Waals surface area contributed by atoms with Gasteiger partial charge in [-0.1, -0.05) is 17.8 Å². The molecular weight excluding hydrogens is 428 g/mol. The monoisotopic (exact) mass is 454 g/mol. The minimum absolute atomic E-state index is 0.376. The maximum absolute atomic E-state index is 9.81. The lowest BCUT2D eigenvalue weighted by Gasteiger charge is -2.26. The number of aromatic amines is 1. The van der Waals surface area contributed by atoms with Gasteiger partial charge in [-0.2, -0.15) is 10.4 Å². The lowest BCUT2D eigenvalue weighted by molar-refractivity contribution is 0.810. The zero-order valence-corrected chi connectivity index (χ0v) is 20.0. The largest absolute Gasteiger partial charge is 0.372 e. The zero-order valence-electron chi connectivity index (χ0n) is 19.2. The van der Waals surface area contributed by atoms with Crippen molar-refractivity contribution in [3.63, 3.8) is 0 Å². The van der Waals surface area contributed by atoms with Gasteiger partial charge in [-0.3, -0.25) is 5.10 Å². The maximum atomic E-state index is 9.81. The molecule has 7 heteroatoms. The van der Waals surface area contributed by atoms with Crippen molar-refractivity contribution >= 4 is 28.4 Å². The van der Waals surface area contributed by atoms with E-state index >= 15 is 0 Å². The second-order valence-corrected chi connectivity index (χ2v) is 8.99. The predicted molar refractivity (Wildman–Crippen MR) is 134 cm³/mol. The summed E-state index contributed by atoms with van der Waals surface area (Å²) in [6, 6.07) is 16.9. The van der Waals surface area contributed by atoms with Crippen molar-refractivity contribution in [2.75, 3.05) is 18.0 Å². The molecule has 0 radical (unpaired) electrons. The number of H-pyrrole nitrogens is 1. The minimum Gasteiger partial charge on any atom is -0.372 e. The fraction of sp³-hybridized carbons (Fsp3) is 0.269. The Kier molecular flexibility index (Phi) is 6.44. The molecule has 3 aromatic rings. The number of aromatic nitrogens is 2. The third kappa shape index (κ3) is 4.20. The molecule has 166 valence electrons. The van der Waals surface area contributed by atoms with Gasteiger partial charge in [0.25, 0.3) is 0 Å². The Morgan fingerprint density at radius 2 is 1.85 bits per heavy atom. The van der Waals surface area contributed by atoms with Gasteiger partial charge >= 0.3 is 0 Å². The van der Waals surface area contributed by atoms with Crippen LogP contribution in [-0.2, 0) is 0 Å². The number of nitriles is 1. The van der Waals surface area contributed by atoms with Crippen LogP contribution in [0.2, 0.25) is 0 Å². The molecule has 2 aromatic carbocycles. The Bertz CT molecular complexity index is 1290. The standard InChI is InChI=1S/C26H26N6S/c1-6-32(7-2)19-9-11-20(12-10-19)33-26-21-14-18(8-13-23(21)30-31-26)24-22(15-27)16(3)29-17(4)25(24)28-5/h8-14,24,29H,6-7H2,1-4H3,(H,30,31). The van der Waals surface area contributed by atoms with Crippen molar-refractivity contribution in [2.45, 2.75) is 43.5 Å². The second kappa shape index (κ2) is 9.44.